The summed E-state index contributed by atoms with van der Waals surface area (Å²) in [7, 11) is -2.53. The number of rotatable bonds is 22. The fourth-order valence-corrected chi connectivity index (χ4v) is 6.14. The summed E-state index contributed by atoms with van der Waals surface area (Å²) in [5.74, 6) is -0.419. The zero-order valence-corrected chi connectivity index (χ0v) is 28.5. The van der Waals surface area contributed by atoms with Gasteiger partial charge >= 0.3 is 0 Å². The Bertz CT molecular complexity index is 1470. The topological polar surface area (TPSA) is 133 Å². The van der Waals surface area contributed by atoms with E-state index in [0.29, 0.717) is 22.6 Å². The fraction of sp³-hybridized carbons (Fsp3) is 0.576. The quantitative estimate of drug-likeness (QED) is 0.0556. The molecule has 0 saturated heterocycles. The smallest absolute Gasteiger partial charge is 0.294 e. The van der Waals surface area contributed by atoms with Gasteiger partial charge in [0.2, 0.25) is 4.77 Å². The standard InChI is InChI=1S/C33H50N6O4S2/c1-3-4-5-6-7-8-9-10-11-12-13-14-15-16-17-18-25-38(2)31-24-23-29(45(41,42)43)26-30(31)34-32(40)27-19-21-28(22-20-27)39-33(44)35-36-37-39/h19-24,26H,3-18,25H2,1-2H3,(H,34,40)(H,35,37,44)(H,41,42,43). The largest absolute Gasteiger partial charge is 0.373 e. The molecule has 0 atom stereocenters. The third-order valence-electron chi connectivity index (χ3n) is 8.13. The predicted octanol–water partition coefficient (Wildman–Crippen LogP) is 8.52. The van der Waals surface area contributed by atoms with Crippen molar-refractivity contribution in [1.82, 2.24) is 20.2 Å². The number of aromatic nitrogens is 4. The van der Waals surface area contributed by atoms with Crippen molar-refractivity contribution in [3.63, 3.8) is 0 Å². The van der Waals surface area contributed by atoms with E-state index in [1.807, 2.05) is 11.9 Å². The molecule has 0 aliphatic carbocycles. The second kappa shape index (κ2) is 19.4. The number of amides is 1. The highest BCUT2D eigenvalue weighted by atomic mass is 32.2. The molecule has 12 heteroatoms. The first kappa shape index (κ1) is 36.4. The molecule has 3 N–H and O–H groups in total. The Labute approximate surface area is 273 Å². The van der Waals surface area contributed by atoms with Crippen molar-refractivity contribution in [2.24, 2.45) is 0 Å². The van der Waals surface area contributed by atoms with Crippen LogP contribution in [0.15, 0.2) is 47.4 Å². The van der Waals surface area contributed by atoms with Crippen molar-refractivity contribution >= 4 is 39.6 Å². The van der Waals surface area contributed by atoms with Crippen molar-refractivity contribution in [2.45, 2.75) is 115 Å². The average Bonchev–Trinajstić information content (AvgIpc) is 3.46. The van der Waals surface area contributed by atoms with E-state index in [2.05, 4.69) is 27.8 Å². The maximum atomic E-state index is 13.1. The minimum Gasteiger partial charge on any atom is -0.373 e. The Kier molecular flexibility index (Phi) is 15.7. The van der Waals surface area contributed by atoms with E-state index in [9.17, 15) is 17.8 Å². The van der Waals surface area contributed by atoms with E-state index in [1.165, 1.54) is 107 Å². The fourth-order valence-electron chi connectivity index (χ4n) is 5.45. The Hall–Kier alpha value is -3.09. The molecule has 2 aromatic carbocycles. The van der Waals surface area contributed by atoms with Gasteiger partial charge in [-0.25, -0.2) is 4.68 Å². The number of tetrazole rings is 1. The normalized spacial score (nSPS) is 11.5. The third-order valence-corrected chi connectivity index (χ3v) is 9.25. The molecule has 1 aromatic heterocycles. The van der Waals surface area contributed by atoms with Crippen LogP contribution in [0.3, 0.4) is 0 Å². The van der Waals surface area contributed by atoms with Crippen LogP contribution in [0.5, 0.6) is 0 Å². The van der Waals surface area contributed by atoms with Crippen molar-refractivity contribution in [3.8, 4) is 5.69 Å². The summed E-state index contributed by atoms with van der Waals surface area (Å²) in [6, 6.07) is 10.9. The highest BCUT2D eigenvalue weighted by Crippen LogP contribution is 2.29. The van der Waals surface area contributed by atoms with Crippen molar-refractivity contribution in [3.05, 3.63) is 52.8 Å². The molecule has 0 spiro atoms. The van der Waals surface area contributed by atoms with Crippen LogP contribution in [-0.2, 0) is 10.1 Å². The van der Waals surface area contributed by atoms with Crippen molar-refractivity contribution < 1.29 is 17.8 Å². The van der Waals surface area contributed by atoms with Crippen LogP contribution in [0.25, 0.3) is 5.69 Å². The Morgan fingerprint density at radius 3 is 1.89 bits per heavy atom. The molecule has 0 fully saturated rings. The number of aromatic amines is 1. The maximum Gasteiger partial charge on any atom is 0.294 e. The third kappa shape index (κ3) is 12.7. The molecule has 0 saturated carbocycles. The molecule has 1 amide bonds. The van der Waals surface area contributed by atoms with E-state index in [4.69, 9.17) is 12.2 Å². The van der Waals surface area contributed by atoms with Crippen molar-refractivity contribution in [1.29, 1.82) is 0 Å². The number of nitrogens with zero attached hydrogens (tertiary/aromatic N) is 4. The average molecular weight is 659 g/mol. The van der Waals surface area contributed by atoms with E-state index >= 15 is 0 Å². The van der Waals surface area contributed by atoms with Gasteiger partial charge in [0.1, 0.15) is 0 Å². The van der Waals surface area contributed by atoms with E-state index in [1.54, 1.807) is 30.3 Å². The molecule has 1 heterocycles. The van der Waals surface area contributed by atoms with E-state index in [-0.39, 0.29) is 9.67 Å². The van der Waals surface area contributed by atoms with Crippen molar-refractivity contribution in [2.75, 3.05) is 23.8 Å². The number of carbonyl (C=O) groups excluding carboxylic acids is 1. The first-order chi connectivity index (χ1) is 21.7. The van der Waals surface area contributed by atoms with Crippen LogP contribution in [0.2, 0.25) is 0 Å². The van der Waals surface area contributed by atoms with Gasteiger partial charge in [-0.05, 0) is 61.1 Å². The summed E-state index contributed by atoms with van der Waals surface area (Å²) in [6.07, 6.45) is 20.9. The molecule has 0 bridgehead atoms. The van der Waals surface area contributed by atoms with Gasteiger partial charge < -0.3 is 10.2 Å². The van der Waals surface area contributed by atoms with Crippen LogP contribution < -0.4 is 10.2 Å². The summed E-state index contributed by atoms with van der Waals surface area (Å²) in [6.45, 7) is 3.01. The number of nitrogens with one attached hydrogen (secondary N) is 2. The van der Waals surface area contributed by atoms with Gasteiger partial charge in [-0.1, -0.05) is 114 Å². The lowest BCUT2D eigenvalue weighted by atomic mass is 10.0. The molecule has 0 radical (unpaired) electrons. The molecule has 0 aliphatic heterocycles. The van der Waals surface area contributed by atoms with Gasteiger partial charge in [0.15, 0.2) is 0 Å². The molecular formula is C33H50N6O4S2. The number of hydrogen-bond donors (Lipinski definition) is 3. The number of hydrogen-bond acceptors (Lipinski definition) is 7. The molecule has 45 heavy (non-hydrogen) atoms. The van der Waals surface area contributed by atoms with Gasteiger partial charge in [-0.2, -0.15) is 13.6 Å². The van der Waals surface area contributed by atoms with Crippen LogP contribution in [0.4, 0.5) is 11.4 Å². The first-order valence-corrected chi connectivity index (χ1v) is 18.3. The summed E-state index contributed by atoms with van der Waals surface area (Å²) >= 11 is 5.12. The van der Waals surface area contributed by atoms with Gasteiger partial charge in [-0.3, -0.25) is 9.35 Å². The van der Waals surface area contributed by atoms with E-state index in [0.717, 1.165) is 19.4 Å². The van der Waals surface area contributed by atoms with Crippen LogP contribution >= 0.6 is 12.2 Å². The highest BCUT2D eigenvalue weighted by molar-refractivity contribution is 7.85. The number of benzene rings is 2. The Morgan fingerprint density at radius 2 is 1.40 bits per heavy atom. The van der Waals surface area contributed by atoms with Gasteiger partial charge in [0, 0.05) is 19.2 Å². The molecule has 0 unspecified atom stereocenters. The zero-order chi connectivity index (χ0) is 32.5. The Balaban J connectivity index is 1.42. The number of H-pyrrole nitrogens is 1. The number of unbranched alkanes of at least 4 members (excludes halogenated alkanes) is 15. The van der Waals surface area contributed by atoms with Crippen LogP contribution in [0, 0.1) is 4.77 Å². The molecule has 0 aliphatic rings. The monoisotopic (exact) mass is 658 g/mol. The van der Waals surface area contributed by atoms with Gasteiger partial charge in [0.25, 0.3) is 16.0 Å². The highest BCUT2D eigenvalue weighted by Gasteiger charge is 2.17. The molecular weight excluding hydrogens is 609 g/mol. The maximum absolute atomic E-state index is 13.1. The Morgan fingerprint density at radius 1 is 0.867 bits per heavy atom. The lowest BCUT2D eigenvalue weighted by Gasteiger charge is -2.23. The summed E-state index contributed by atoms with van der Waals surface area (Å²) in [4.78, 5) is 14.9. The van der Waals surface area contributed by atoms with Gasteiger partial charge in [0.05, 0.1) is 22.0 Å². The minimum absolute atomic E-state index is 0.256. The lowest BCUT2D eigenvalue weighted by molar-refractivity contribution is 0.102. The molecule has 10 nitrogen and oxygen atoms in total. The summed E-state index contributed by atoms with van der Waals surface area (Å²) in [5, 5.41) is 12.9. The first-order valence-electron chi connectivity index (χ1n) is 16.4. The molecule has 3 aromatic rings. The summed E-state index contributed by atoms with van der Waals surface area (Å²) in [5.41, 5.74) is 2.00. The second-order valence-electron chi connectivity index (χ2n) is 11.8. The molecule has 248 valence electrons. The van der Waals surface area contributed by atoms with Crippen LogP contribution in [-0.4, -0.2) is 52.7 Å². The second-order valence-corrected chi connectivity index (χ2v) is 13.6. The lowest BCUT2D eigenvalue weighted by Crippen LogP contribution is -2.22. The van der Waals surface area contributed by atoms with Crippen LogP contribution in [0.1, 0.15) is 120 Å². The number of anilines is 2. The van der Waals surface area contributed by atoms with Gasteiger partial charge in [-0.15, -0.1) is 0 Å². The SMILES string of the molecule is CCCCCCCCCCCCCCCCCCN(C)c1ccc(S(=O)(=O)O)cc1NC(=O)c1ccc(-n2[nH]nnc2=S)cc1. The summed E-state index contributed by atoms with van der Waals surface area (Å²) < 4.78 is 35.1. The minimum atomic E-state index is -4.45. The number of carbonyl (C=O) groups is 1. The molecule has 3 rings (SSSR count). The predicted molar refractivity (Wildman–Crippen MR) is 184 cm³/mol. The van der Waals surface area contributed by atoms with E-state index < -0.39 is 16.0 Å². The zero-order valence-electron chi connectivity index (χ0n) is 26.8.